The van der Waals surface area contributed by atoms with Crippen molar-refractivity contribution in [3.05, 3.63) is 35.9 Å². The molecule has 0 aliphatic heterocycles. The Morgan fingerprint density at radius 2 is 2.00 bits per heavy atom. The van der Waals surface area contributed by atoms with E-state index in [-0.39, 0.29) is 11.9 Å². The highest BCUT2D eigenvalue weighted by molar-refractivity contribution is 5.73. The topological polar surface area (TPSA) is 38.3 Å². The van der Waals surface area contributed by atoms with E-state index in [2.05, 4.69) is 29.6 Å². The maximum absolute atomic E-state index is 11.4. The van der Waals surface area contributed by atoms with E-state index in [0.29, 0.717) is 6.61 Å². The maximum atomic E-state index is 11.4. The second-order valence-corrected chi connectivity index (χ2v) is 4.78. The summed E-state index contributed by atoms with van der Waals surface area (Å²) in [5.74, 6) is 0.181. The molecule has 1 aromatic rings. The van der Waals surface area contributed by atoms with E-state index in [0.717, 1.165) is 32.4 Å². The van der Waals surface area contributed by atoms with E-state index in [9.17, 15) is 4.79 Å². The lowest BCUT2D eigenvalue weighted by atomic mass is 9.86. The van der Waals surface area contributed by atoms with Crippen LogP contribution in [0.3, 0.4) is 0 Å². The Bertz CT molecular complexity index is 360. The summed E-state index contributed by atoms with van der Waals surface area (Å²) in [7, 11) is 0. The molecule has 98 valence electrons. The summed E-state index contributed by atoms with van der Waals surface area (Å²) in [6, 6.07) is 10.4. The van der Waals surface area contributed by atoms with Crippen LogP contribution >= 0.6 is 0 Å². The van der Waals surface area contributed by atoms with Gasteiger partial charge in [0.05, 0.1) is 5.92 Å². The highest BCUT2D eigenvalue weighted by atomic mass is 16.5. The van der Waals surface area contributed by atoms with Gasteiger partial charge in [-0.3, -0.25) is 4.79 Å². The fourth-order valence-electron chi connectivity index (χ4n) is 1.99. The smallest absolute Gasteiger partial charge is 0.308 e. The van der Waals surface area contributed by atoms with Crippen molar-refractivity contribution in [1.82, 2.24) is 5.32 Å². The monoisotopic (exact) mass is 247 g/mol. The molecule has 0 amide bonds. The molecule has 0 aromatic heterocycles. The first-order chi connectivity index (χ1) is 8.86. The van der Waals surface area contributed by atoms with Crippen LogP contribution in [0, 0.1) is 5.92 Å². The van der Waals surface area contributed by atoms with E-state index < -0.39 is 0 Å². The van der Waals surface area contributed by atoms with Gasteiger partial charge in [0, 0.05) is 6.54 Å². The number of ether oxygens (including phenoxy) is 1. The lowest BCUT2D eigenvalue weighted by molar-refractivity contribution is -0.151. The fourth-order valence-corrected chi connectivity index (χ4v) is 1.99. The van der Waals surface area contributed by atoms with Crippen molar-refractivity contribution < 1.29 is 9.53 Å². The summed E-state index contributed by atoms with van der Waals surface area (Å²) in [6.07, 6.45) is 4.22. The minimum atomic E-state index is -0.00823. The molecule has 0 heterocycles. The van der Waals surface area contributed by atoms with E-state index in [1.54, 1.807) is 0 Å². The summed E-state index contributed by atoms with van der Waals surface area (Å²) >= 11 is 0. The number of hydrogen-bond acceptors (Lipinski definition) is 3. The van der Waals surface area contributed by atoms with Crippen molar-refractivity contribution in [3.8, 4) is 0 Å². The lowest BCUT2D eigenvalue weighted by Gasteiger charge is -2.23. The molecule has 1 fully saturated rings. The van der Waals surface area contributed by atoms with Gasteiger partial charge in [-0.2, -0.15) is 0 Å². The Labute approximate surface area is 109 Å². The molecule has 3 heteroatoms. The first-order valence-electron chi connectivity index (χ1n) is 6.77. The Morgan fingerprint density at radius 3 is 2.67 bits per heavy atom. The third-order valence-corrected chi connectivity index (χ3v) is 3.39. The van der Waals surface area contributed by atoms with Gasteiger partial charge in [-0.1, -0.05) is 36.8 Å². The third-order valence-electron chi connectivity index (χ3n) is 3.39. The average Bonchev–Trinajstić information content (AvgIpc) is 2.33. The summed E-state index contributed by atoms with van der Waals surface area (Å²) in [5.41, 5.74) is 1.33. The molecule has 0 radical (unpaired) electrons. The SMILES string of the molecule is O=C(OCCNCCc1ccccc1)C1CCC1. The van der Waals surface area contributed by atoms with E-state index in [1.807, 2.05) is 6.07 Å². The van der Waals surface area contributed by atoms with E-state index in [4.69, 9.17) is 4.74 Å². The maximum Gasteiger partial charge on any atom is 0.308 e. The predicted octanol–water partition coefficient (Wildman–Crippen LogP) is 2.16. The molecule has 1 aliphatic carbocycles. The minimum Gasteiger partial charge on any atom is -0.464 e. The number of carbonyl (C=O) groups is 1. The first-order valence-corrected chi connectivity index (χ1v) is 6.77. The molecule has 0 atom stereocenters. The Morgan fingerprint density at radius 1 is 1.22 bits per heavy atom. The summed E-state index contributed by atoms with van der Waals surface area (Å²) in [6.45, 7) is 2.15. The van der Waals surface area contributed by atoms with Gasteiger partial charge in [0.2, 0.25) is 0 Å². The number of carbonyl (C=O) groups excluding carboxylic acids is 1. The van der Waals surface area contributed by atoms with Crippen molar-refractivity contribution in [1.29, 1.82) is 0 Å². The molecular formula is C15H21NO2. The molecule has 18 heavy (non-hydrogen) atoms. The van der Waals surface area contributed by atoms with Crippen molar-refractivity contribution >= 4 is 5.97 Å². The zero-order valence-electron chi connectivity index (χ0n) is 10.7. The molecule has 0 spiro atoms. The second kappa shape index (κ2) is 7.17. The zero-order chi connectivity index (χ0) is 12.6. The number of benzene rings is 1. The van der Waals surface area contributed by atoms with Crippen LogP contribution in [0.4, 0.5) is 0 Å². The molecule has 1 aliphatic rings. The number of nitrogens with one attached hydrogen (secondary N) is 1. The van der Waals surface area contributed by atoms with Crippen LogP contribution in [0.5, 0.6) is 0 Å². The van der Waals surface area contributed by atoms with Crippen molar-refractivity contribution in [2.45, 2.75) is 25.7 Å². The number of rotatable bonds is 7. The molecule has 1 N–H and O–H groups in total. The average molecular weight is 247 g/mol. The van der Waals surface area contributed by atoms with Crippen LogP contribution in [0.15, 0.2) is 30.3 Å². The normalized spacial score (nSPS) is 15.1. The Balaban J connectivity index is 1.47. The molecule has 0 bridgehead atoms. The number of esters is 1. The van der Waals surface area contributed by atoms with Crippen LogP contribution in [0.2, 0.25) is 0 Å². The van der Waals surface area contributed by atoms with Gasteiger partial charge >= 0.3 is 5.97 Å². The van der Waals surface area contributed by atoms with Gasteiger partial charge in [0.1, 0.15) is 6.61 Å². The lowest BCUT2D eigenvalue weighted by Crippen LogP contribution is -2.28. The Hall–Kier alpha value is -1.35. The summed E-state index contributed by atoms with van der Waals surface area (Å²) < 4.78 is 5.20. The number of hydrogen-bond donors (Lipinski definition) is 1. The highest BCUT2D eigenvalue weighted by Crippen LogP contribution is 2.27. The van der Waals surface area contributed by atoms with E-state index in [1.165, 1.54) is 12.0 Å². The van der Waals surface area contributed by atoms with E-state index >= 15 is 0 Å². The summed E-state index contributed by atoms with van der Waals surface area (Å²) in [5, 5.41) is 3.29. The van der Waals surface area contributed by atoms with Crippen molar-refractivity contribution in [2.75, 3.05) is 19.7 Å². The minimum absolute atomic E-state index is 0.00823. The standard InChI is InChI=1S/C15H21NO2/c17-15(14-7-4-8-14)18-12-11-16-10-9-13-5-2-1-3-6-13/h1-3,5-6,14,16H,4,7-12H2. The Kier molecular flexibility index (Phi) is 5.21. The van der Waals surface area contributed by atoms with Gasteiger partial charge in [-0.15, -0.1) is 0 Å². The second-order valence-electron chi connectivity index (χ2n) is 4.78. The largest absolute Gasteiger partial charge is 0.464 e. The van der Waals surface area contributed by atoms with Crippen LogP contribution < -0.4 is 5.32 Å². The molecule has 1 saturated carbocycles. The zero-order valence-corrected chi connectivity index (χ0v) is 10.7. The highest BCUT2D eigenvalue weighted by Gasteiger charge is 2.26. The van der Waals surface area contributed by atoms with Crippen molar-refractivity contribution in [2.24, 2.45) is 5.92 Å². The molecule has 0 saturated heterocycles. The van der Waals surface area contributed by atoms with Crippen LogP contribution in [-0.4, -0.2) is 25.7 Å². The molecule has 0 unspecified atom stereocenters. The first kappa shape index (κ1) is 13.1. The van der Waals surface area contributed by atoms with Gasteiger partial charge in [-0.25, -0.2) is 0 Å². The van der Waals surface area contributed by atoms with Crippen LogP contribution in [0.25, 0.3) is 0 Å². The summed E-state index contributed by atoms with van der Waals surface area (Å²) in [4.78, 5) is 11.4. The quantitative estimate of drug-likeness (QED) is 0.593. The molecule has 2 rings (SSSR count). The van der Waals surface area contributed by atoms with Crippen molar-refractivity contribution in [3.63, 3.8) is 0 Å². The van der Waals surface area contributed by atoms with Crippen LogP contribution in [-0.2, 0) is 16.0 Å². The van der Waals surface area contributed by atoms with Gasteiger partial charge in [0.25, 0.3) is 0 Å². The third kappa shape index (κ3) is 4.15. The molecular weight excluding hydrogens is 226 g/mol. The predicted molar refractivity (Wildman–Crippen MR) is 71.3 cm³/mol. The fraction of sp³-hybridized carbons (Fsp3) is 0.533. The molecule has 3 nitrogen and oxygen atoms in total. The van der Waals surface area contributed by atoms with Gasteiger partial charge in [0.15, 0.2) is 0 Å². The van der Waals surface area contributed by atoms with Crippen LogP contribution in [0.1, 0.15) is 24.8 Å². The van der Waals surface area contributed by atoms with Gasteiger partial charge in [-0.05, 0) is 31.4 Å². The van der Waals surface area contributed by atoms with Gasteiger partial charge < -0.3 is 10.1 Å². The molecule has 1 aromatic carbocycles.